The maximum Gasteiger partial charge on any atom is 0.323 e. The molecule has 1 aromatic rings. The van der Waals surface area contributed by atoms with Gasteiger partial charge in [-0.15, -0.1) is 0 Å². The van der Waals surface area contributed by atoms with Crippen molar-refractivity contribution in [2.45, 2.75) is 48.8 Å². The van der Waals surface area contributed by atoms with Gasteiger partial charge < -0.3 is 14.9 Å². The Balaban J connectivity index is 2.07. The van der Waals surface area contributed by atoms with Crippen LogP contribution in [-0.2, 0) is 14.8 Å². The Morgan fingerprint density at radius 1 is 1.28 bits per heavy atom. The fourth-order valence-electron chi connectivity index (χ4n) is 3.06. The highest BCUT2D eigenvalue weighted by Crippen LogP contribution is 2.38. The van der Waals surface area contributed by atoms with Gasteiger partial charge in [-0.05, 0) is 51.0 Å². The van der Waals surface area contributed by atoms with E-state index in [1.54, 1.807) is 26.0 Å². The fourth-order valence-corrected chi connectivity index (χ4v) is 6.16. The number of rotatable bonds is 8. The van der Waals surface area contributed by atoms with E-state index in [1.165, 1.54) is 23.9 Å². The molecule has 7 nitrogen and oxygen atoms in total. The number of ether oxygens (including phenoxy) is 1. The van der Waals surface area contributed by atoms with Crippen LogP contribution in [0.5, 0.6) is 5.75 Å². The van der Waals surface area contributed by atoms with Crippen molar-refractivity contribution in [1.82, 2.24) is 4.31 Å². The van der Waals surface area contributed by atoms with Crippen LogP contribution in [0.2, 0.25) is 0 Å². The second-order valence-electron chi connectivity index (χ2n) is 7.10. The van der Waals surface area contributed by atoms with Crippen molar-refractivity contribution in [2.75, 3.05) is 25.5 Å². The summed E-state index contributed by atoms with van der Waals surface area (Å²) in [6.45, 7) is 4.00. The molecular weight excluding hydrogens is 414 g/mol. The van der Waals surface area contributed by atoms with Gasteiger partial charge in [-0.2, -0.15) is 16.1 Å². The molecule has 1 heterocycles. The molecule has 1 aliphatic heterocycles. The number of thioether (sulfide) groups is 1. The molecule has 29 heavy (non-hydrogen) atoms. The molecule has 1 atom stereocenters. The van der Waals surface area contributed by atoms with Crippen molar-refractivity contribution >= 4 is 27.8 Å². The van der Waals surface area contributed by atoms with Gasteiger partial charge in [0.25, 0.3) is 0 Å². The standard InChI is InChI=1S/C20H27NO6S2/c1-20(2)18(19(23)24)21(12-15-28-20)29(25,26)17-10-8-16(9-11-17)27-14-7-5-3-4-6-13-22/h8-11,18,22H,3-4,6,12-15H2,1-2H3,(H,23,24). The summed E-state index contributed by atoms with van der Waals surface area (Å²) in [7, 11) is -3.95. The molecule has 0 radical (unpaired) electrons. The fraction of sp³-hybridized carbons (Fsp3) is 0.550. The van der Waals surface area contributed by atoms with Crippen molar-refractivity contribution in [2.24, 2.45) is 0 Å². The van der Waals surface area contributed by atoms with Crippen LogP contribution in [-0.4, -0.2) is 65.2 Å². The van der Waals surface area contributed by atoms with Crippen LogP contribution in [0, 0.1) is 11.8 Å². The molecule has 0 saturated carbocycles. The van der Waals surface area contributed by atoms with Gasteiger partial charge in [0.1, 0.15) is 18.4 Å². The number of aliphatic carboxylic acids is 1. The highest BCUT2D eigenvalue weighted by molar-refractivity contribution is 8.00. The zero-order valence-electron chi connectivity index (χ0n) is 16.6. The second kappa shape index (κ2) is 10.3. The van der Waals surface area contributed by atoms with Gasteiger partial charge >= 0.3 is 5.97 Å². The van der Waals surface area contributed by atoms with E-state index in [2.05, 4.69) is 11.8 Å². The normalized spacial score (nSPS) is 19.2. The quantitative estimate of drug-likeness (QED) is 0.471. The number of hydrogen-bond donors (Lipinski definition) is 2. The first-order chi connectivity index (χ1) is 13.7. The van der Waals surface area contributed by atoms with Gasteiger partial charge in [0.05, 0.1) is 4.90 Å². The molecule has 0 amide bonds. The van der Waals surface area contributed by atoms with E-state index in [0.29, 0.717) is 17.9 Å². The number of benzene rings is 1. The van der Waals surface area contributed by atoms with Crippen LogP contribution in [0.15, 0.2) is 29.2 Å². The maximum atomic E-state index is 13.1. The molecule has 9 heteroatoms. The lowest BCUT2D eigenvalue weighted by atomic mass is 10.0. The Hall–Kier alpha value is -1.73. The minimum absolute atomic E-state index is 0.0360. The Kier molecular flexibility index (Phi) is 8.40. The number of carboxylic acid groups (broad SMARTS) is 1. The van der Waals surface area contributed by atoms with Crippen molar-refractivity contribution in [3.05, 3.63) is 24.3 Å². The van der Waals surface area contributed by atoms with Gasteiger partial charge in [-0.3, -0.25) is 4.79 Å². The lowest BCUT2D eigenvalue weighted by molar-refractivity contribution is -0.142. The molecule has 2 N–H and O–H groups in total. The molecule has 0 aromatic heterocycles. The summed E-state index contributed by atoms with van der Waals surface area (Å²) in [5.74, 6) is 5.68. The Bertz CT molecular complexity index is 855. The topological polar surface area (TPSA) is 104 Å². The van der Waals surface area contributed by atoms with Crippen LogP contribution in [0.1, 0.15) is 33.1 Å². The molecular formula is C20H27NO6S2. The predicted octanol–water partition coefficient (Wildman–Crippen LogP) is 2.20. The SMILES string of the molecule is CC1(C)SCCN(S(=O)(=O)c2ccc(OCC#CCCCCO)cc2)C1C(=O)O. The first kappa shape index (κ1) is 23.5. The van der Waals surface area contributed by atoms with Crippen LogP contribution < -0.4 is 4.74 Å². The number of sulfonamides is 1. The van der Waals surface area contributed by atoms with Crippen molar-refractivity contribution < 1.29 is 28.2 Å². The molecule has 1 aliphatic rings. The molecule has 0 bridgehead atoms. The third-order valence-electron chi connectivity index (χ3n) is 4.54. The van der Waals surface area contributed by atoms with Gasteiger partial charge in [-0.1, -0.05) is 11.8 Å². The van der Waals surface area contributed by atoms with Crippen molar-refractivity contribution in [1.29, 1.82) is 0 Å². The number of hydrogen-bond acceptors (Lipinski definition) is 6. The summed E-state index contributed by atoms with van der Waals surface area (Å²) in [5, 5.41) is 18.3. The monoisotopic (exact) mass is 441 g/mol. The molecule has 0 spiro atoms. The third kappa shape index (κ3) is 6.12. The summed E-state index contributed by atoms with van der Waals surface area (Å²) in [6, 6.07) is 4.79. The van der Waals surface area contributed by atoms with Crippen molar-refractivity contribution in [3.63, 3.8) is 0 Å². The number of nitrogens with zero attached hydrogens (tertiary/aromatic N) is 1. The summed E-state index contributed by atoms with van der Waals surface area (Å²) in [6.07, 6.45) is 2.25. The zero-order chi connectivity index (χ0) is 21.5. The third-order valence-corrected chi connectivity index (χ3v) is 7.78. The Labute approximate surface area is 176 Å². The second-order valence-corrected chi connectivity index (χ2v) is 10.7. The summed E-state index contributed by atoms with van der Waals surface area (Å²) in [5.41, 5.74) is 0. The highest BCUT2D eigenvalue weighted by atomic mass is 32.2. The molecule has 1 fully saturated rings. The van der Waals surface area contributed by atoms with E-state index in [9.17, 15) is 18.3 Å². The minimum atomic E-state index is -3.95. The first-order valence-electron chi connectivity index (χ1n) is 9.38. The van der Waals surface area contributed by atoms with Gasteiger partial charge in [0.15, 0.2) is 0 Å². The van der Waals surface area contributed by atoms with E-state index in [0.717, 1.165) is 17.1 Å². The summed E-state index contributed by atoms with van der Waals surface area (Å²) in [4.78, 5) is 11.8. The number of carbonyl (C=O) groups is 1. The van der Waals surface area contributed by atoms with Crippen LogP contribution in [0.25, 0.3) is 0 Å². The lowest BCUT2D eigenvalue weighted by Gasteiger charge is -2.42. The Morgan fingerprint density at radius 3 is 2.59 bits per heavy atom. The van der Waals surface area contributed by atoms with E-state index in [4.69, 9.17) is 9.84 Å². The smallest absolute Gasteiger partial charge is 0.323 e. The Morgan fingerprint density at radius 2 is 1.97 bits per heavy atom. The average molecular weight is 442 g/mol. The van der Waals surface area contributed by atoms with E-state index >= 15 is 0 Å². The molecule has 1 unspecified atom stereocenters. The zero-order valence-corrected chi connectivity index (χ0v) is 18.3. The lowest BCUT2D eigenvalue weighted by Crippen LogP contribution is -2.58. The number of unbranched alkanes of at least 4 members (excludes halogenated alkanes) is 2. The predicted molar refractivity (Wildman–Crippen MR) is 113 cm³/mol. The molecule has 0 aliphatic carbocycles. The number of aliphatic hydroxyl groups excluding tert-OH is 1. The summed E-state index contributed by atoms with van der Waals surface area (Å²) < 4.78 is 32.0. The number of carboxylic acids is 1. The van der Waals surface area contributed by atoms with E-state index in [-0.39, 0.29) is 24.7 Å². The molecule has 2 rings (SSSR count). The highest BCUT2D eigenvalue weighted by Gasteiger charge is 2.48. The summed E-state index contributed by atoms with van der Waals surface area (Å²) >= 11 is 1.46. The van der Waals surface area contributed by atoms with Gasteiger partial charge in [0, 0.05) is 30.1 Å². The van der Waals surface area contributed by atoms with Crippen molar-refractivity contribution in [3.8, 4) is 17.6 Å². The molecule has 1 aromatic carbocycles. The van der Waals surface area contributed by atoms with E-state index < -0.39 is 26.8 Å². The van der Waals surface area contributed by atoms with Gasteiger partial charge in [0.2, 0.25) is 10.0 Å². The molecule has 1 saturated heterocycles. The number of aliphatic hydroxyl groups is 1. The minimum Gasteiger partial charge on any atom is -0.481 e. The van der Waals surface area contributed by atoms with Crippen LogP contribution in [0.3, 0.4) is 0 Å². The van der Waals surface area contributed by atoms with Gasteiger partial charge in [-0.25, -0.2) is 8.42 Å². The van der Waals surface area contributed by atoms with E-state index in [1.807, 2.05) is 0 Å². The largest absolute Gasteiger partial charge is 0.481 e. The average Bonchev–Trinajstić information content (AvgIpc) is 2.66. The van der Waals surface area contributed by atoms with Crippen LogP contribution >= 0.6 is 11.8 Å². The van der Waals surface area contributed by atoms with Crippen LogP contribution in [0.4, 0.5) is 0 Å². The first-order valence-corrected chi connectivity index (χ1v) is 11.8. The molecule has 160 valence electrons. The maximum absolute atomic E-state index is 13.1.